The van der Waals surface area contributed by atoms with Crippen molar-refractivity contribution in [2.24, 2.45) is 0 Å². The maximum Gasteiger partial charge on any atom is 0.542 e. The van der Waals surface area contributed by atoms with Crippen LogP contribution in [0.5, 0.6) is 0 Å². The first-order valence-electron chi connectivity index (χ1n) is 5.53. The summed E-state index contributed by atoms with van der Waals surface area (Å²) in [5.74, 6) is -2.38. The molecule has 0 unspecified atom stereocenters. The molecule has 2 amide bonds. The molecule has 7 nitrogen and oxygen atoms in total. The minimum Gasteiger partial charge on any atom is -0.355 e. The molecule has 1 fully saturated rings. The van der Waals surface area contributed by atoms with E-state index in [1.54, 1.807) is 6.07 Å². The molecule has 1 heterocycles. The van der Waals surface area contributed by atoms with Crippen molar-refractivity contribution in [3.8, 4) is 0 Å². The fourth-order valence-electron chi connectivity index (χ4n) is 1.51. The Morgan fingerprint density at radius 3 is 2.30 bits per heavy atom. The molecule has 0 saturated carbocycles. The van der Waals surface area contributed by atoms with Gasteiger partial charge in [0.1, 0.15) is 0 Å². The van der Waals surface area contributed by atoms with E-state index < -0.39 is 23.9 Å². The van der Waals surface area contributed by atoms with E-state index in [-0.39, 0.29) is 28.5 Å². The molecule has 8 heteroatoms. The zero-order chi connectivity index (χ0) is 14.7. The molecule has 0 bridgehead atoms. The quantitative estimate of drug-likeness (QED) is 0.469. The molecule has 1 aromatic rings. The monoisotopic (exact) mass is 297 g/mol. The summed E-state index contributed by atoms with van der Waals surface area (Å²) in [4.78, 5) is 49.7. The van der Waals surface area contributed by atoms with E-state index in [4.69, 9.17) is 11.6 Å². The molecule has 0 aliphatic carbocycles. The Bertz CT molecular complexity index is 583. The average molecular weight is 298 g/mol. The van der Waals surface area contributed by atoms with Crippen LogP contribution >= 0.6 is 11.6 Å². The Morgan fingerprint density at radius 2 is 1.70 bits per heavy atom. The molecule has 0 atom stereocenters. The van der Waals surface area contributed by atoms with E-state index in [1.807, 2.05) is 0 Å². The van der Waals surface area contributed by atoms with Gasteiger partial charge >= 0.3 is 12.1 Å². The van der Waals surface area contributed by atoms with Gasteiger partial charge in [-0.2, -0.15) is 0 Å². The van der Waals surface area contributed by atoms with Gasteiger partial charge in [0.15, 0.2) is 0 Å². The van der Waals surface area contributed by atoms with Gasteiger partial charge in [-0.3, -0.25) is 14.4 Å². The number of amides is 2. The Morgan fingerprint density at radius 1 is 1.10 bits per heavy atom. The fraction of sp³-hybridized carbons (Fsp3) is 0.167. The average Bonchev–Trinajstić information content (AvgIpc) is 2.71. The van der Waals surface area contributed by atoms with Crippen molar-refractivity contribution in [3.63, 3.8) is 0 Å². The van der Waals surface area contributed by atoms with E-state index in [1.165, 1.54) is 18.2 Å². The van der Waals surface area contributed by atoms with E-state index >= 15 is 0 Å². The summed E-state index contributed by atoms with van der Waals surface area (Å²) in [6.45, 7) is 0. The van der Waals surface area contributed by atoms with Gasteiger partial charge in [-0.15, -0.1) is 0 Å². The van der Waals surface area contributed by atoms with Crippen molar-refractivity contribution in [2.45, 2.75) is 12.8 Å². The smallest absolute Gasteiger partial charge is 0.355 e. The highest BCUT2D eigenvalue weighted by Crippen LogP contribution is 2.17. The van der Waals surface area contributed by atoms with Gasteiger partial charge in [0.05, 0.1) is 10.6 Å². The van der Waals surface area contributed by atoms with Crippen LogP contribution in [0.15, 0.2) is 24.3 Å². The summed E-state index contributed by atoms with van der Waals surface area (Å²) in [5, 5.41) is 0.376. The number of ether oxygens (including phenoxy) is 1. The van der Waals surface area contributed by atoms with Gasteiger partial charge in [-0.1, -0.05) is 28.8 Å². The third-order valence-electron chi connectivity index (χ3n) is 2.44. The number of carbonyl (C=O) groups is 4. The summed E-state index contributed by atoms with van der Waals surface area (Å²) >= 11 is 5.75. The standard InChI is InChI=1S/C12H8ClNO6/c13-8-4-2-1-3-7(8)11(17)19-12(18)20-14-9(15)5-6-10(14)16/h1-4H,5-6H2. The van der Waals surface area contributed by atoms with E-state index in [0.29, 0.717) is 0 Å². The van der Waals surface area contributed by atoms with Crippen molar-refractivity contribution < 1.29 is 28.8 Å². The van der Waals surface area contributed by atoms with E-state index in [0.717, 1.165) is 0 Å². The molecule has 0 spiro atoms. The lowest BCUT2D eigenvalue weighted by molar-refractivity contribution is -0.175. The molecule has 1 saturated heterocycles. The van der Waals surface area contributed by atoms with Crippen molar-refractivity contribution in [2.75, 3.05) is 0 Å². The van der Waals surface area contributed by atoms with Gasteiger partial charge < -0.3 is 4.74 Å². The van der Waals surface area contributed by atoms with Crippen LogP contribution in [0.25, 0.3) is 0 Å². The molecule has 2 rings (SSSR count). The highest BCUT2D eigenvalue weighted by molar-refractivity contribution is 6.33. The number of benzene rings is 1. The molecule has 0 radical (unpaired) electrons. The minimum absolute atomic E-state index is 0.0369. The first-order valence-corrected chi connectivity index (χ1v) is 5.91. The number of rotatable bonds is 2. The molecular formula is C12H8ClNO6. The number of hydrogen-bond acceptors (Lipinski definition) is 6. The first kappa shape index (κ1) is 14.0. The van der Waals surface area contributed by atoms with Crippen LogP contribution in [0, 0.1) is 0 Å². The third-order valence-corrected chi connectivity index (χ3v) is 2.77. The van der Waals surface area contributed by atoms with Gasteiger partial charge in [-0.25, -0.2) is 9.59 Å². The lowest BCUT2D eigenvalue weighted by Crippen LogP contribution is -2.33. The molecule has 1 aromatic carbocycles. The summed E-state index contributed by atoms with van der Waals surface area (Å²) in [7, 11) is 0. The van der Waals surface area contributed by atoms with E-state index in [2.05, 4.69) is 9.57 Å². The minimum atomic E-state index is -1.47. The Kier molecular flexibility index (Phi) is 3.99. The topological polar surface area (TPSA) is 90.0 Å². The van der Waals surface area contributed by atoms with Crippen LogP contribution in [-0.2, 0) is 19.2 Å². The van der Waals surface area contributed by atoms with Gasteiger partial charge in [0.2, 0.25) is 0 Å². The number of hydroxylamine groups is 2. The Labute approximate surface area is 118 Å². The molecule has 104 valence electrons. The SMILES string of the molecule is O=C(OC(=O)c1ccccc1Cl)ON1C(=O)CCC1=O. The molecule has 20 heavy (non-hydrogen) atoms. The Hall–Kier alpha value is -2.41. The summed E-state index contributed by atoms with van der Waals surface area (Å²) in [5.41, 5.74) is -0.0369. The number of carbonyl (C=O) groups excluding carboxylic acids is 4. The second-order valence-electron chi connectivity index (χ2n) is 3.79. The number of imide groups is 1. The fourth-order valence-corrected chi connectivity index (χ4v) is 1.72. The van der Waals surface area contributed by atoms with E-state index in [9.17, 15) is 19.2 Å². The van der Waals surface area contributed by atoms with Crippen LogP contribution in [0.3, 0.4) is 0 Å². The first-order chi connectivity index (χ1) is 9.49. The van der Waals surface area contributed by atoms with Crippen molar-refractivity contribution in [1.29, 1.82) is 0 Å². The second kappa shape index (κ2) is 5.70. The predicted octanol–water partition coefficient (Wildman–Crippen LogP) is 1.70. The molecule has 1 aliphatic rings. The number of hydrogen-bond donors (Lipinski definition) is 0. The van der Waals surface area contributed by atoms with Crippen LogP contribution in [0.2, 0.25) is 5.02 Å². The second-order valence-corrected chi connectivity index (χ2v) is 4.20. The molecule has 0 aromatic heterocycles. The zero-order valence-electron chi connectivity index (χ0n) is 10.00. The highest BCUT2D eigenvalue weighted by Gasteiger charge is 2.34. The Balaban J connectivity index is 1.98. The summed E-state index contributed by atoms with van der Waals surface area (Å²) in [6, 6.07) is 5.92. The maximum atomic E-state index is 11.6. The predicted molar refractivity (Wildman–Crippen MR) is 64.4 cm³/mol. The summed E-state index contributed by atoms with van der Waals surface area (Å²) < 4.78 is 4.35. The van der Waals surface area contributed by atoms with Gasteiger partial charge in [0.25, 0.3) is 11.8 Å². The van der Waals surface area contributed by atoms with Crippen molar-refractivity contribution in [3.05, 3.63) is 34.9 Å². The van der Waals surface area contributed by atoms with Crippen LogP contribution in [0.4, 0.5) is 4.79 Å². The lowest BCUT2D eigenvalue weighted by Gasteiger charge is -2.11. The van der Waals surface area contributed by atoms with Gasteiger partial charge in [-0.05, 0) is 12.1 Å². The maximum absolute atomic E-state index is 11.6. The zero-order valence-corrected chi connectivity index (χ0v) is 10.8. The van der Waals surface area contributed by atoms with Crippen LogP contribution in [0.1, 0.15) is 23.2 Å². The highest BCUT2D eigenvalue weighted by atomic mass is 35.5. The third kappa shape index (κ3) is 2.94. The molecule has 1 aliphatic heterocycles. The molecular weight excluding hydrogens is 290 g/mol. The van der Waals surface area contributed by atoms with Crippen molar-refractivity contribution >= 4 is 35.5 Å². The largest absolute Gasteiger partial charge is 0.542 e. The number of esters is 1. The normalized spacial score (nSPS) is 14.3. The summed E-state index contributed by atoms with van der Waals surface area (Å²) in [6.07, 6.45) is -1.58. The molecule has 0 N–H and O–H groups in total. The lowest BCUT2D eigenvalue weighted by atomic mass is 10.2. The van der Waals surface area contributed by atoms with Crippen LogP contribution in [-0.4, -0.2) is 29.0 Å². The number of halogens is 1. The van der Waals surface area contributed by atoms with Gasteiger partial charge in [0, 0.05) is 12.8 Å². The van der Waals surface area contributed by atoms with Crippen LogP contribution < -0.4 is 0 Å². The number of nitrogens with zero attached hydrogens (tertiary/aromatic N) is 1. The van der Waals surface area contributed by atoms with Crippen molar-refractivity contribution in [1.82, 2.24) is 5.06 Å².